The number of nitrogens with one attached hydrogen (secondary N) is 2. The van der Waals surface area contributed by atoms with E-state index in [9.17, 15) is 9.59 Å². The molecule has 0 aromatic heterocycles. The maximum atomic E-state index is 12.0. The van der Waals surface area contributed by atoms with Gasteiger partial charge in [0.1, 0.15) is 0 Å². The molecule has 6 nitrogen and oxygen atoms in total. The van der Waals surface area contributed by atoms with Gasteiger partial charge in [0.25, 0.3) is 0 Å². The van der Waals surface area contributed by atoms with Gasteiger partial charge in [-0.05, 0) is 25.7 Å². The highest BCUT2D eigenvalue weighted by Gasteiger charge is 2.25. The topological polar surface area (TPSA) is 81.7 Å². The molecule has 21 heavy (non-hydrogen) atoms. The van der Waals surface area contributed by atoms with Gasteiger partial charge in [-0.3, -0.25) is 15.0 Å². The summed E-state index contributed by atoms with van der Waals surface area (Å²) in [5, 5.41) is 14.4. The maximum absolute atomic E-state index is 12.0. The van der Waals surface area contributed by atoms with Crippen molar-refractivity contribution >= 4 is 11.9 Å². The average molecular weight is 297 g/mol. The second kappa shape index (κ2) is 8.34. The Morgan fingerprint density at radius 2 is 1.67 bits per heavy atom. The van der Waals surface area contributed by atoms with Crippen LogP contribution in [-0.4, -0.2) is 53.7 Å². The minimum Gasteiger partial charge on any atom is -0.395 e. The van der Waals surface area contributed by atoms with Crippen molar-refractivity contribution in [2.24, 2.45) is 0 Å². The molecule has 0 atom stereocenters. The largest absolute Gasteiger partial charge is 0.395 e. The first-order valence-corrected chi connectivity index (χ1v) is 8.14. The second-order valence-corrected chi connectivity index (χ2v) is 6.14. The van der Waals surface area contributed by atoms with Crippen molar-refractivity contribution in [3.8, 4) is 0 Å². The zero-order valence-corrected chi connectivity index (χ0v) is 12.6. The van der Waals surface area contributed by atoms with E-state index < -0.39 is 0 Å². The second-order valence-electron chi connectivity index (χ2n) is 6.14. The molecular weight excluding hydrogens is 270 g/mol. The highest BCUT2D eigenvalue weighted by Crippen LogP contribution is 2.23. The van der Waals surface area contributed by atoms with Gasteiger partial charge in [0, 0.05) is 18.6 Å². The number of amides is 3. The molecule has 0 unspecified atom stereocenters. The Hall–Kier alpha value is -1.14. The number of imide groups is 1. The van der Waals surface area contributed by atoms with Crippen molar-refractivity contribution in [2.75, 3.05) is 19.7 Å². The summed E-state index contributed by atoms with van der Waals surface area (Å²) in [6.45, 7) is 0.712. The average Bonchev–Trinajstić information content (AvgIpc) is 3.10. The molecule has 0 heterocycles. The lowest BCUT2D eigenvalue weighted by Gasteiger charge is -2.27. The van der Waals surface area contributed by atoms with Crippen molar-refractivity contribution in [3.05, 3.63) is 0 Å². The van der Waals surface area contributed by atoms with Crippen LogP contribution >= 0.6 is 0 Å². The minimum absolute atomic E-state index is 0.0397. The van der Waals surface area contributed by atoms with E-state index in [1.807, 2.05) is 4.90 Å². The normalized spacial score (nSPS) is 20.1. The Morgan fingerprint density at radius 3 is 2.29 bits per heavy atom. The summed E-state index contributed by atoms with van der Waals surface area (Å²) in [4.78, 5) is 25.7. The van der Waals surface area contributed by atoms with Crippen LogP contribution in [0.25, 0.3) is 0 Å². The summed E-state index contributed by atoms with van der Waals surface area (Å²) < 4.78 is 0. The van der Waals surface area contributed by atoms with Gasteiger partial charge in [-0.15, -0.1) is 0 Å². The van der Waals surface area contributed by atoms with Crippen molar-refractivity contribution in [1.82, 2.24) is 15.5 Å². The molecule has 2 aliphatic carbocycles. The van der Waals surface area contributed by atoms with E-state index in [1.165, 1.54) is 12.8 Å². The van der Waals surface area contributed by atoms with Crippen molar-refractivity contribution in [1.29, 1.82) is 0 Å². The number of aliphatic hydroxyl groups excluding tert-OH is 1. The number of aliphatic hydroxyl groups is 1. The zero-order chi connectivity index (χ0) is 15.1. The quantitative estimate of drug-likeness (QED) is 0.683. The first-order chi connectivity index (χ1) is 10.2. The van der Waals surface area contributed by atoms with Crippen LogP contribution in [-0.2, 0) is 4.79 Å². The number of rotatable bonds is 6. The van der Waals surface area contributed by atoms with Crippen LogP contribution in [0.2, 0.25) is 0 Å². The molecule has 0 radical (unpaired) electrons. The van der Waals surface area contributed by atoms with Crippen molar-refractivity contribution in [3.63, 3.8) is 0 Å². The first kappa shape index (κ1) is 16.2. The van der Waals surface area contributed by atoms with Crippen molar-refractivity contribution < 1.29 is 14.7 Å². The molecule has 2 rings (SSSR count). The summed E-state index contributed by atoms with van der Waals surface area (Å²) in [5.74, 6) is -0.286. The molecule has 2 fully saturated rings. The fourth-order valence-electron chi connectivity index (χ4n) is 3.43. The lowest BCUT2D eigenvalue weighted by atomic mass is 10.2. The van der Waals surface area contributed by atoms with Gasteiger partial charge in [-0.2, -0.15) is 0 Å². The minimum atomic E-state index is -0.387. The monoisotopic (exact) mass is 297 g/mol. The predicted octanol–water partition coefficient (Wildman–Crippen LogP) is 0.992. The number of urea groups is 1. The number of hydrogen-bond donors (Lipinski definition) is 3. The molecule has 0 aromatic rings. The lowest BCUT2D eigenvalue weighted by molar-refractivity contribution is -0.121. The molecule has 3 amide bonds. The van der Waals surface area contributed by atoms with Gasteiger partial charge < -0.3 is 10.4 Å². The number of carbonyl (C=O) groups excluding carboxylic acids is 2. The van der Waals surface area contributed by atoms with E-state index in [-0.39, 0.29) is 31.1 Å². The summed E-state index contributed by atoms with van der Waals surface area (Å²) in [6, 6.07) is 0.184. The SMILES string of the molecule is O=C(CN(CCO)C1CCCC1)NC(=O)NC1CCCC1. The smallest absolute Gasteiger partial charge is 0.321 e. The molecule has 0 aromatic carbocycles. The Balaban J connectivity index is 1.73. The van der Waals surface area contributed by atoms with Crippen molar-refractivity contribution in [2.45, 2.75) is 63.5 Å². The predicted molar refractivity (Wildman–Crippen MR) is 79.8 cm³/mol. The molecule has 0 saturated heterocycles. The van der Waals surface area contributed by atoms with Crippen LogP contribution < -0.4 is 10.6 Å². The van der Waals surface area contributed by atoms with Crippen LogP contribution in [0.1, 0.15) is 51.4 Å². The van der Waals surface area contributed by atoms with Gasteiger partial charge in [0.05, 0.1) is 13.2 Å². The number of hydrogen-bond acceptors (Lipinski definition) is 4. The summed E-state index contributed by atoms with van der Waals surface area (Å²) in [7, 11) is 0. The molecule has 0 aliphatic heterocycles. The van der Waals surface area contributed by atoms with Crippen LogP contribution in [0.15, 0.2) is 0 Å². The summed E-state index contributed by atoms with van der Waals surface area (Å²) in [5.41, 5.74) is 0. The van der Waals surface area contributed by atoms with E-state index in [1.54, 1.807) is 0 Å². The van der Waals surface area contributed by atoms with E-state index in [0.717, 1.165) is 38.5 Å². The van der Waals surface area contributed by atoms with Crippen LogP contribution in [0.3, 0.4) is 0 Å². The molecule has 0 spiro atoms. The molecule has 2 aliphatic rings. The van der Waals surface area contributed by atoms with E-state index in [0.29, 0.717) is 12.6 Å². The van der Waals surface area contributed by atoms with E-state index >= 15 is 0 Å². The third kappa shape index (κ3) is 5.28. The third-order valence-electron chi connectivity index (χ3n) is 4.52. The highest BCUT2D eigenvalue weighted by molar-refractivity contribution is 5.95. The molecular formula is C15H27N3O3. The van der Waals surface area contributed by atoms with Gasteiger partial charge in [-0.1, -0.05) is 25.7 Å². The Labute approximate surface area is 126 Å². The Morgan fingerprint density at radius 1 is 1.05 bits per heavy atom. The van der Waals surface area contributed by atoms with Crippen LogP contribution in [0.5, 0.6) is 0 Å². The van der Waals surface area contributed by atoms with Gasteiger partial charge in [0.15, 0.2) is 0 Å². The number of nitrogens with zero attached hydrogens (tertiary/aromatic N) is 1. The molecule has 2 saturated carbocycles. The van der Waals surface area contributed by atoms with Crippen LogP contribution in [0.4, 0.5) is 4.79 Å². The Bertz CT molecular complexity index is 350. The summed E-state index contributed by atoms with van der Waals surface area (Å²) in [6.07, 6.45) is 8.78. The van der Waals surface area contributed by atoms with E-state index in [4.69, 9.17) is 5.11 Å². The van der Waals surface area contributed by atoms with Crippen LogP contribution in [0, 0.1) is 0 Å². The summed E-state index contributed by atoms with van der Waals surface area (Å²) >= 11 is 0. The molecule has 3 N–H and O–H groups in total. The molecule has 120 valence electrons. The standard InChI is InChI=1S/C15H27N3O3/c19-10-9-18(13-7-3-4-8-13)11-14(20)17-15(21)16-12-5-1-2-6-12/h12-13,19H,1-11H2,(H2,16,17,20,21). The highest BCUT2D eigenvalue weighted by atomic mass is 16.3. The van der Waals surface area contributed by atoms with Gasteiger partial charge in [-0.25, -0.2) is 4.79 Å². The molecule has 6 heteroatoms. The third-order valence-corrected chi connectivity index (χ3v) is 4.52. The zero-order valence-electron chi connectivity index (χ0n) is 12.6. The Kier molecular flexibility index (Phi) is 6.45. The maximum Gasteiger partial charge on any atom is 0.321 e. The fraction of sp³-hybridized carbons (Fsp3) is 0.867. The molecule has 0 bridgehead atoms. The fourth-order valence-corrected chi connectivity index (χ4v) is 3.43. The van der Waals surface area contributed by atoms with Gasteiger partial charge >= 0.3 is 6.03 Å². The lowest BCUT2D eigenvalue weighted by Crippen LogP contribution is -2.49. The van der Waals surface area contributed by atoms with E-state index in [2.05, 4.69) is 10.6 Å². The van der Waals surface area contributed by atoms with Gasteiger partial charge in [0.2, 0.25) is 5.91 Å². The first-order valence-electron chi connectivity index (χ1n) is 8.14. The number of carbonyl (C=O) groups is 2.